The summed E-state index contributed by atoms with van der Waals surface area (Å²) in [6.45, 7) is 5.06. The van der Waals surface area contributed by atoms with Gasteiger partial charge in [0.1, 0.15) is 0 Å². The van der Waals surface area contributed by atoms with E-state index >= 15 is 0 Å². The third-order valence-corrected chi connectivity index (χ3v) is 3.02. The number of rotatable bonds is 2. The van der Waals surface area contributed by atoms with E-state index in [4.69, 9.17) is 0 Å². The number of carboxylic acid groups (broad SMARTS) is 1. The van der Waals surface area contributed by atoms with Crippen LogP contribution in [-0.4, -0.2) is 26.1 Å². The first-order chi connectivity index (χ1) is 10.0. The molecule has 0 saturated heterocycles. The predicted octanol–water partition coefficient (Wildman–Crippen LogP) is 3.28. The first-order valence-corrected chi connectivity index (χ1v) is 6.39. The Kier molecular flexibility index (Phi) is 3.72. The van der Waals surface area contributed by atoms with Gasteiger partial charge in [0, 0.05) is 5.41 Å². The van der Waals surface area contributed by atoms with E-state index in [0.29, 0.717) is 0 Å². The van der Waals surface area contributed by atoms with Gasteiger partial charge in [-0.15, -0.1) is 5.10 Å². The van der Waals surface area contributed by atoms with E-state index in [1.54, 1.807) is 20.8 Å². The number of para-hydroxylation sites is 1. The number of hydrogen-bond donors (Lipinski definition) is 1. The van der Waals surface area contributed by atoms with Crippen LogP contribution in [0.25, 0.3) is 5.69 Å². The largest absolute Gasteiger partial charge is 0.476 e. The highest BCUT2D eigenvalue weighted by molar-refractivity contribution is 5.87. The van der Waals surface area contributed by atoms with Gasteiger partial charge in [-0.25, -0.2) is 9.48 Å². The molecule has 0 aliphatic heterocycles. The van der Waals surface area contributed by atoms with Crippen molar-refractivity contribution < 1.29 is 23.1 Å². The van der Waals surface area contributed by atoms with Crippen LogP contribution in [0.1, 0.15) is 42.5 Å². The molecular formula is C14H14F3N3O2. The van der Waals surface area contributed by atoms with Gasteiger partial charge in [0.25, 0.3) is 0 Å². The second-order valence-electron chi connectivity index (χ2n) is 5.77. The molecule has 0 aliphatic rings. The summed E-state index contributed by atoms with van der Waals surface area (Å²) in [5.41, 5.74) is -2.15. The first-order valence-electron chi connectivity index (χ1n) is 6.39. The summed E-state index contributed by atoms with van der Waals surface area (Å²) in [7, 11) is 0. The van der Waals surface area contributed by atoms with Gasteiger partial charge in [-0.2, -0.15) is 13.2 Å². The smallest absolute Gasteiger partial charge is 0.418 e. The lowest BCUT2D eigenvalue weighted by atomic mass is 9.90. The van der Waals surface area contributed by atoms with Crippen molar-refractivity contribution >= 4 is 5.97 Å². The first kappa shape index (κ1) is 16.0. The molecule has 0 saturated carbocycles. The number of hydrogen-bond acceptors (Lipinski definition) is 3. The highest BCUT2D eigenvalue weighted by atomic mass is 19.4. The minimum atomic E-state index is -4.58. The summed E-state index contributed by atoms with van der Waals surface area (Å²) in [5, 5.41) is 16.3. The van der Waals surface area contributed by atoms with Crippen molar-refractivity contribution in [1.82, 2.24) is 15.0 Å². The van der Waals surface area contributed by atoms with E-state index in [1.807, 2.05) is 0 Å². The molecule has 0 atom stereocenters. The monoisotopic (exact) mass is 313 g/mol. The van der Waals surface area contributed by atoms with Gasteiger partial charge >= 0.3 is 12.1 Å². The van der Waals surface area contributed by atoms with E-state index < -0.39 is 23.1 Å². The van der Waals surface area contributed by atoms with Gasteiger partial charge < -0.3 is 5.11 Å². The molecule has 1 aromatic heterocycles. The molecule has 0 radical (unpaired) electrons. The lowest BCUT2D eigenvalue weighted by molar-refractivity contribution is -0.137. The molecule has 118 valence electrons. The van der Waals surface area contributed by atoms with Crippen LogP contribution < -0.4 is 0 Å². The number of aromatic carboxylic acids is 1. The fraction of sp³-hybridized carbons (Fsp3) is 0.357. The lowest BCUT2D eigenvalue weighted by Gasteiger charge is -2.22. The second kappa shape index (κ2) is 5.11. The van der Waals surface area contributed by atoms with E-state index in [0.717, 1.165) is 10.7 Å². The van der Waals surface area contributed by atoms with Crippen LogP contribution in [0.4, 0.5) is 13.2 Å². The molecule has 0 fully saturated rings. The quantitative estimate of drug-likeness (QED) is 0.924. The number of carbonyl (C=O) groups is 1. The topological polar surface area (TPSA) is 68.0 Å². The zero-order chi connectivity index (χ0) is 16.7. The molecule has 5 nitrogen and oxygen atoms in total. The molecule has 2 aromatic rings. The van der Waals surface area contributed by atoms with Crippen LogP contribution in [0.15, 0.2) is 24.3 Å². The van der Waals surface area contributed by atoms with Gasteiger partial charge in [-0.3, -0.25) is 0 Å². The summed E-state index contributed by atoms with van der Waals surface area (Å²) >= 11 is 0. The van der Waals surface area contributed by atoms with Gasteiger partial charge in [-0.1, -0.05) is 38.1 Å². The number of benzene rings is 1. The summed E-state index contributed by atoms with van der Waals surface area (Å²) in [6, 6.07) is 4.85. The summed E-state index contributed by atoms with van der Waals surface area (Å²) in [4.78, 5) is 11.3. The van der Waals surface area contributed by atoms with E-state index in [2.05, 4.69) is 10.3 Å². The maximum Gasteiger partial charge on any atom is 0.418 e. The Bertz CT molecular complexity index is 715. The Balaban J connectivity index is 2.78. The average Bonchev–Trinajstić information content (AvgIpc) is 2.82. The zero-order valence-corrected chi connectivity index (χ0v) is 12.1. The van der Waals surface area contributed by atoms with E-state index in [9.17, 15) is 23.1 Å². The molecule has 8 heteroatoms. The molecule has 22 heavy (non-hydrogen) atoms. The SMILES string of the molecule is CC(C)(C)c1c(C(=O)O)nnn1-c1ccccc1C(F)(F)F. The lowest BCUT2D eigenvalue weighted by Crippen LogP contribution is -2.22. The maximum absolute atomic E-state index is 13.1. The van der Waals surface area contributed by atoms with Crippen LogP contribution in [0.5, 0.6) is 0 Å². The van der Waals surface area contributed by atoms with Crippen molar-refractivity contribution in [3.63, 3.8) is 0 Å². The average molecular weight is 313 g/mol. The van der Waals surface area contributed by atoms with Crippen molar-refractivity contribution in [2.24, 2.45) is 0 Å². The molecule has 2 rings (SSSR count). The Morgan fingerprint density at radius 3 is 2.27 bits per heavy atom. The van der Waals surface area contributed by atoms with Crippen molar-refractivity contribution in [2.45, 2.75) is 32.4 Å². The molecular weight excluding hydrogens is 299 g/mol. The Morgan fingerprint density at radius 1 is 1.18 bits per heavy atom. The van der Waals surface area contributed by atoms with Crippen molar-refractivity contribution in [1.29, 1.82) is 0 Å². The third-order valence-electron chi connectivity index (χ3n) is 3.02. The fourth-order valence-corrected chi connectivity index (χ4v) is 2.17. The van der Waals surface area contributed by atoms with Crippen LogP contribution >= 0.6 is 0 Å². The fourth-order valence-electron chi connectivity index (χ4n) is 2.17. The number of aromatic nitrogens is 3. The minimum absolute atomic E-state index is 0.108. The Morgan fingerprint density at radius 2 is 1.77 bits per heavy atom. The standard InChI is InChI=1S/C14H14F3N3O2/c1-13(2,3)11-10(12(21)22)18-19-20(11)9-7-5-4-6-8(9)14(15,16)17/h4-7H,1-3H3,(H,21,22). The molecule has 1 heterocycles. The highest BCUT2D eigenvalue weighted by Crippen LogP contribution is 2.35. The molecule has 1 N–H and O–H groups in total. The Labute approximate surface area is 124 Å². The normalized spacial score (nSPS) is 12.5. The number of nitrogens with zero attached hydrogens (tertiary/aromatic N) is 3. The maximum atomic E-state index is 13.1. The summed E-state index contributed by atoms with van der Waals surface area (Å²) in [6.07, 6.45) is -4.58. The van der Waals surface area contributed by atoms with Crippen LogP contribution in [-0.2, 0) is 11.6 Å². The molecule has 0 amide bonds. The van der Waals surface area contributed by atoms with Crippen LogP contribution in [0.3, 0.4) is 0 Å². The van der Waals surface area contributed by atoms with Gasteiger partial charge in [0.05, 0.1) is 16.9 Å². The van der Waals surface area contributed by atoms with Crippen LogP contribution in [0.2, 0.25) is 0 Å². The van der Waals surface area contributed by atoms with E-state index in [1.165, 1.54) is 18.2 Å². The van der Waals surface area contributed by atoms with E-state index in [-0.39, 0.29) is 17.1 Å². The second-order valence-corrected chi connectivity index (χ2v) is 5.77. The van der Waals surface area contributed by atoms with Gasteiger partial charge in [-0.05, 0) is 12.1 Å². The molecule has 0 aliphatic carbocycles. The van der Waals surface area contributed by atoms with Gasteiger partial charge in [0.2, 0.25) is 0 Å². The number of halogens is 3. The summed E-state index contributed by atoms with van der Waals surface area (Å²) in [5.74, 6) is -1.33. The van der Waals surface area contributed by atoms with Crippen LogP contribution in [0, 0.1) is 0 Å². The van der Waals surface area contributed by atoms with Crippen molar-refractivity contribution in [3.8, 4) is 5.69 Å². The number of carboxylic acids is 1. The third kappa shape index (κ3) is 2.81. The van der Waals surface area contributed by atoms with Gasteiger partial charge in [0.15, 0.2) is 5.69 Å². The molecule has 0 unspecified atom stereocenters. The summed E-state index contributed by atoms with van der Waals surface area (Å²) < 4.78 is 40.4. The number of alkyl halides is 3. The Hall–Kier alpha value is -2.38. The molecule has 0 spiro atoms. The molecule has 1 aromatic carbocycles. The highest BCUT2D eigenvalue weighted by Gasteiger charge is 2.36. The van der Waals surface area contributed by atoms with Crippen molar-refractivity contribution in [2.75, 3.05) is 0 Å². The minimum Gasteiger partial charge on any atom is -0.476 e. The molecule has 0 bridgehead atoms. The van der Waals surface area contributed by atoms with Crippen molar-refractivity contribution in [3.05, 3.63) is 41.2 Å². The predicted molar refractivity (Wildman–Crippen MR) is 72.0 cm³/mol. The zero-order valence-electron chi connectivity index (χ0n) is 12.1.